The van der Waals surface area contributed by atoms with Gasteiger partial charge in [-0.2, -0.15) is 13.2 Å². The van der Waals surface area contributed by atoms with Crippen LogP contribution in [0, 0.1) is 0 Å². The summed E-state index contributed by atoms with van der Waals surface area (Å²) in [7, 11) is 0. The van der Waals surface area contributed by atoms with Crippen molar-refractivity contribution < 1.29 is 13.2 Å². The van der Waals surface area contributed by atoms with Crippen molar-refractivity contribution in [1.29, 1.82) is 0 Å². The van der Waals surface area contributed by atoms with E-state index < -0.39 is 12.7 Å². The quantitative estimate of drug-likeness (QED) is 0.725. The molecule has 0 aliphatic rings. The zero-order valence-electron chi connectivity index (χ0n) is 12.1. The lowest BCUT2D eigenvalue weighted by molar-refractivity contribution is -0.155. The predicted molar refractivity (Wildman–Crippen MR) is 69.7 cm³/mol. The van der Waals surface area contributed by atoms with Crippen LogP contribution in [0.15, 0.2) is 0 Å². The molecular weight excluding hydrogens is 241 g/mol. The van der Waals surface area contributed by atoms with Crippen LogP contribution in [0.5, 0.6) is 0 Å². The summed E-state index contributed by atoms with van der Waals surface area (Å²) in [6, 6.07) is 0.139. The Morgan fingerprint density at radius 1 is 1.11 bits per heavy atom. The van der Waals surface area contributed by atoms with Gasteiger partial charge >= 0.3 is 6.18 Å². The number of halogens is 3. The van der Waals surface area contributed by atoms with Crippen molar-refractivity contribution in [3.8, 4) is 0 Å². The molecule has 0 aliphatic carbocycles. The lowest BCUT2D eigenvalue weighted by Crippen LogP contribution is -2.50. The van der Waals surface area contributed by atoms with Gasteiger partial charge in [0, 0.05) is 24.7 Å². The minimum absolute atomic E-state index is 0.0565. The van der Waals surface area contributed by atoms with E-state index in [9.17, 15) is 13.2 Å². The van der Waals surface area contributed by atoms with Crippen molar-refractivity contribution >= 4 is 0 Å². The molecule has 0 saturated heterocycles. The standard InChI is InChI=1S/C13H27F3N2/c1-6-7-12(8-17-10(2)3)18(11(4)5)9-13(14,15)16/h10-12,17H,6-9H2,1-5H3. The van der Waals surface area contributed by atoms with Gasteiger partial charge in [-0.3, -0.25) is 4.90 Å². The molecular formula is C13H27F3N2. The van der Waals surface area contributed by atoms with Crippen LogP contribution in [0.3, 0.4) is 0 Å². The summed E-state index contributed by atoms with van der Waals surface area (Å²) >= 11 is 0. The van der Waals surface area contributed by atoms with Crippen molar-refractivity contribution in [2.75, 3.05) is 13.1 Å². The van der Waals surface area contributed by atoms with E-state index >= 15 is 0 Å². The predicted octanol–water partition coefficient (Wildman–Crippen LogP) is 3.43. The Kier molecular flexibility index (Phi) is 7.87. The number of alkyl halides is 3. The molecule has 110 valence electrons. The van der Waals surface area contributed by atoms with Crippen molar-refractivity contribution in [2.24, 2.45) is 0 Å². The second-order valence-electron chi connectivity index (χ2n) is 5.39. The van der Waals surface area contributed by atoms with Crippen LogP contribution in [-0.2, 0) is 0 Å². The van der Waals surface area contributed by atoms with Crippen LogP contribution in [0.2, 0.25) is 0 Å². The highest BCUT2D eigenvalue weighted by Gasteiger charge is 2.34. The molecule has 0 rings (SSSR count). The molecule has 0 bridgehead atoms. The van der Waals surface area contributed by atoms with Crippen LogP contribution >= 0.6 is 0 Å². The molecule has 0 fully saturated rings. The van der Waals surface area contributed by atoms with Gasteiger partial charge in [0.15, 0.2) is 0 Å². The highest BCUT2D eigenvalue weighted by Crippen LogP contribution is 2.21. The maximum absolute atomic E-state index is 12.6. The van der Waals surface area contributed by atoms with Gasteiger partial charge in [-0.1, -0.05) is 27.2 Å². The molecule has 0 saturated carbocycles. The van der Waals surface area contributed by atoms with Crippen molar-refractivity contribution in [3.05, 3.63) is 0 Å². The molecule has 0 spiro atoms. The number of nitrogens with zero attached hydrogens (tertiary/aromatic N) is 1. The monoisotopic (exact) mass is 268 g/mol. The largest absolute Gasteiger partial charge is 0.401 e. The van der Waals surface area contributed by atoms with E-state index in [4.69, 9.17) is 0 Å². The molecule has 0 aromatic rings. The summed E-state index contributed by atoms with van der Waals surface area (Å²) in [6.45, 7) is 9.45. The van der Waals surface area contributed by atoms with Crippen LogP contribution < -0.4 is 5.32 Å². The van der Waals surface area contributed by atoms with Gasteiger partial charge in [-0.15, -0.1) is 0 Å². The summed E-state index contributed by atoms with van der Waals surface area (Å²) in [5.74, 6) is 0. The van der Waals surface area contributed by atoms with Crippen LogP contribution in [0.25, 0.3) is 0 Å². The van der Waals surface area contributed by atoms with Crippen LogP contribution in [0.1, 0.15) is 47.5 Å². The Hall–Kier alpha value is -0.290. The molecule has 0 aromatic carbocycles. The second-order valence-corrected chi connectivity index (χ2v) is 5.39. The number of rotatable bonds is 8. The normalized spacial score (nSPS) is 14.8. The van der Waals surface area contributed by atoms with E-state index in [2.05, 4.69) is 5.32 Å². The maximum atomic E-state index is 12.6. The minimum atomic E-state index is -4.13. The van der Waals surface area contributed by atoms with Gasteiger partial charge in [-0.25, -0.2) is 0 Å². The lowest BCUT2D eigenvalue weighted by atomic mass is 10.1. The third-order valence-corrected chi connectivity index (χ3v) is 2.88. The van der Waals surface area contributed by atoms with E-state index in [1.165, 1.54) is 0 Å². The summed E-state index contributed by atoms with van der Waals surface area (Å²) in [4.78, 5) is 1.55. The van der Waals surface area contributed by atoms with E-state index in [-0.39, 0.29) is 12.1 Å². The first-order valence-corrected chi connectivity index (χ1v) is 6.73. The molecule has 0 aromatic heterocycles. The Bertz CT molecular complexity index is 215. The fourth-order valence-corrected chi connectivity index (χ4v) is 2.03. The Labute approximate surface area is 109 Å². The molecule has 18 heavy (non-hydrogen) atoms. The average Bonchev–Trinajstić information content (AvgIpc) is 2.19. The molecule has 1 N–H and O–H groups in total. The van der Waals surface area contributed by atoms with Gasteiger partial charge < -0.3 is 5.32 Å². The topological polar surface area (TPSA) is 15.3 Å². The van der Waals surface area contributed by atoms with Gasteiger partial charge in [0.2, 0.25) is 0 Å². The van der Waals surface area contributed by atoms with Gasteiger partial charge in [0.05, 0.1) is 6.54 Å². The first kappa shape index (κ1) is 17.7. The first-order chi connectivity index (χ1) is 8.17. The van der Waals surface area contributed by atoms with Crippen molar-refractivity contribution in [1.82, 2.24) is 10.2 Å². The van der Waals surface area contributed by atoms with Crippen LogP contribution in [0.4, 0.5) is 13.2 Å². The second kappa shape index (κ2) is 8.00. The Morgan fingerprint density at radius 2 is 1.67 bits per heavy atom. The van der Waals surface area contributed by atoms with Crippen molar-refractivity contribution in [3.63, 3.8) is 0 Å². The Morgan fingerprint density at radius 3 is 2.00 bits per heavy atom. The first-order valence-electron chi connectivity index (χ1n) is 6.73. The van der Waals surface area contributed by atoms with E-state index in [1.54, 1.807) is 4.90 Å². The number of hydrogen-bond donors (Lipinski definition) is 1. The molecule has 1 unspecified atom stereocenters. The smallest absolute Gasteiger partial charge is 0.313 e. The molecule has 2 nitrogen and oxygen atoms in total. The third-order valence-electron chi connectivity index (χ3n) is 2.88. The summed E-state index contributed by atoms with van der Waals surface area (Å²) in [5, 5.41) is 3.24. The number of nitrogens with one attached hydrogen (secondary N) is 1. The van der Waals surface area contributed by atoms with E-state index in [0.717, 1.165) is 12.8 Å². The van der Waals surface area contributed by atoms with Crippen molar-refractivity contribution in [2.45, 2.75) is 71.8 Å². The zero-order valence-corrected chi connectivity index (χ0v) is 12.1. The van der Waals surface area contributed by atoms with Gasteiger partial charge in [0.1, 0.15) is 0 Å². The molecule has 0 aliphatic heterocycles. The molecule has 0 amide bonds. The SMILES string of the molecule is CCCC(CNC(C)C)N(CC(F)(F)F)C(C)C. The Balaban J connectivity index is 4.65. The highest BCUT2D eigenvalue weighted by atomic mass is 19.4. The molecule has 1 atom stereocenters. The third kappa shape index (κ3) is 7.93. The summed E-state index contributed by atoms with van der Waals surface area (Å²) in [6.07, 6.45) is -2.45. The molecule has 5 heteroatoms. The zero-order chi connectivity index (χ0) is 14.3. The minimum Gasteiger partial charge on any atom is -0.313 e. The van der Waals surface area contributed by atoms with E-state index in [1.807, 2.05) is 34.6 Å². The molecule has 0 heterocycles. The fourth-order valence-electron chi connectivity index (χ4n) is 2.03. The summed E-state index contributed by atoms with van der Waals surface area (Å²) in [5.41, 5.74) is 0. The van der Waals surface area contributed by atoms with Gasteiger partial charge in [0.25, 0.3) is 0 Å². The highest BCUT2D eigenvalue weighted by molar-refractivity contribution is 4.79. The number of hydrogen-bond acceptors (Lipinski definition) is 2. The van der Waals surface area contributed by atoms with Crippen LogP contribution in [-0.4, -0.2) is 42.3 Å². The lowest BCUT2D eigenvalue weighted by Gasteiger charge is -2.36. The summed E-state index contributed by atoms with van der Waals surface area (Å²) < 4.78 is 37.8. The van der Waals surface area contributed by atoms with Gasteiger partial charge in [-0.05, 0) is 20.3 Å². The molecule has 0 radical (unpaired) electrons. The average molecular weight is 268 g/mol. The maximum Gasteiger partial charge on any atom is 0.401 e. The van der Waals surface area contributed by atoms with E-state index in [0.29, 0.717) is 12.6 Å². The fraction of sp³-hybridized carbons (Fsp3) is 1.00.